The maximum atomic E-state index is 14.2. The maximum absolute atomic E-state index is 14.2. The maximum Gasteiger partial charge on any atom is 0.322 e. The number of likely N-dealkylation sites (tertiary alicyclic amines) is 1. The molecule has 1 aliphatic rings. The number of amides is 2. The van der Waals surface area contributed by atoms with Crippen molar-refractivity contribution in [1.82, 2.24) is 29.4 Å². The van der Waals surface area contributed by atoms with E-state index in [9.17, 15) is 9.18 Å². The Morgan fingerprint density at radius 1 is 1.22 bits per heavy atom. The van der Waals surface area contributed by atoms with Gasteiger partial charge >= 0.3 is 6.03 Å². The van der Waals surface area contributed by atoms with Crippen LogP contribution < -0.4 is 5.32 Å². The number of carbonyl (C=O) groups excluding carboxylic acids is 1. The SMILES string of the molecule is Cc1cc(C)n([C@@H]2CCN(C(=O)Nc3cc(-n4cnnc4)ccc3F)C2)n1. The number of aryl methyl sites for hydroxylation is 2. The molecule has 4 rings (SSSR count). The largest absolute Gasteiger partial charge is 0.322 e. The van der Waals surface area contributed by atoms with E-state index in [1.54, 1.807) is 21.6 Å². The van der Waals surface area contributed by atoms with Gasteiger partial charge in [-0.15, -0.1) is 10.2 Å². The molecule has 1 fully saturated rings. The highest BCUT2D eigenvalue weighted by atomic mass is 19.1. The molecule has 0 radical (unpaired) electrons. The van der Waals surface area contributed by atoms with Crippen molar-refractivity contribution >= 4 is 11.7 Å². The number of nitrogens with zero attached hydrogens (tertiary/aromatic N) is 6. The average Bonchev–Trinajstić information content (AvgIpc) is 3.37. The molecule has 3 heterocycles. The Balaban J connectivity index is 1.47. The van der Waals surface area contributed by atoms with Gasteiger partial charge in [0.25, 0.3) is 0 Å². The minimum Gasteiger partial charge on any atom is -0.322 e. The first-order chi connectivity index (χ1) is 13.0. The number of aromatic nitrogens is 5. The quantitative estimate of drug-likeness (QED) is 0.770. The molecule has 2 aromatic heterocycles. The van der Waals surface area contributed by atoms with Crippen LogP contribution in [0.5, 0.6) is 0 Å². The van der Waals surface area contributed by atoms with Gasteiger partial charge in [0.2, 0.25) is 0 Å². The first kappa shape index (κ1) is 17.2. The number of hydrogen-bond acceptors (Lipinski definition) is 4. The van der Waals surface area contributed by atoms with E-state index in [-0.39, 0.29) is 17.8 Å². The Hall–Kier alpha value is -3.23. The summed E-state index contributed by atoms with van der Waals surface area (Å²) >= 11 is 0. The number of nitrogens with one attached hydrogen (secondary N) is 1. The number of halogens is 1. The molecule has 1 N–H and O–H groups in total. The molecule has 0 spiro atoms. The van der Waals surface area contributed by atoms with E-state index in [4.69, 9.17) is 0 Å². The van der Waals surface area contributed by atoms with Crippen molar-refractivity contribution in [2.45, 2.75) is 26.3 Å². The van der Waals surface area contributed by atoms with Crippen LogP contribution in [0.25, 0.3) is 5.69 Å². The fraction of sp³-hybridized carbons (Fsp3) is 0.333. The summed E-state index contributed by atoms with van der Waals surface area (Å²) < 4.78 is 17.8. The van der Waals surface area contributed by atoms with Crippen LogP contribution in [-0.2, 0) is 0 Å². The lowest BCUT2D eigenvalue weighted by atomic mass is 10.2. The zero-order valence-corrected chi connectivity index (χ0v) is 15.1. The third-order valence-electron chi connectivity index (χ3n) is 4.75. The molecular weight excluding hydrogens is 349 g/mol. The van der Waals surface area contributed by atoms with Gasteiger partial charge in [-0.2, -0.15) is 5.10 Å². The molecule has 3 aromatic rings. The van der Waals surface area contributed by atoms with E-state index < -0.39 is 5.82 Å². The predicted molar refractivity (Wildman–Crippen MR) is 97.3 cm³/mol. The molecule has 0 saturated carbocycles. The first-order valence-corrected chi connectivity index (χ1v) is 8.74. The van der Waals surface area contributed by atoms with Crippen molar-refractivity contribution < 1.29 is 9.18 Å². The van der Waals surface area contributed by atoms with Crippen molar-refractivity contribution in [1.29, 1.82) is 0 Å². The molecule has 1 aromatic carbocycles. The molecule has 0 unspecified atom stereocenters. The normalized spacial score (nSPS) is 16.7. The smallest absolute Gasteiger partial charge is 0.322 e. The Labute approximate surface area is 155 Å². The third kappa shape index (κ3) is 3.40. The standard InChI is InChI=1S/C18H20FN7O/c1-12-7-13(2)26(23-12)15-5-6-24(9-15)18(27)22-17-8-14(3-4-16(17)19)25-10-20-21-11-25/h3-4,7-8,10-11,15H,5-6,9H2,1-2H3,(H,22,27)/t15-/m1/s1. The van der Waals surface area contributed by atoms with Crippen molar-refractivity contribution in [3.63, 3.8) is 0 Å². The van der Waals surface area contributed by atoms with Gasteiger partial charge in [-0.25, -0.2) is 9.18 Å². The van der Waals surface area contributed by atoms with Gasteiger partial charge in [0.1, 0.15) is 18.5 Å². The van der Waals surface area contributed by atoms with Crippen LogP contribution in [0, 0.1) is 19.7 Å². The second kappa shape index (κ2) is 6.82. The van der Waals surface area contributed by atoms with E-state index in [1.807, 2.05) is 24.6 Å². The van der Waals surface area contributed by atoms with Crippen LogP contribution in [0.3, 0.4) is 0 Å². The molecule has 1 aliphatic heterocycles. The summed E-state index contributed by atoms with van der Waals surface area (Å²) in [7, 11) is 0. The van der Waals surface area contributed by atoms with Gasteiger partial charge in [-0.05, 0) is 44.5 Å². The summed E-state index contributed by atoms with van der Waals surface area (Å²) in [5.74, 6) is -0.491. The van der Waals surface area contributed by atoms with E-state index in [1.165, 1.54) is 18.7 Å². The van der Waals surface area contributed by atoms with Crippen LogP contribution in [0.15, 0.2) is 36.9 Å². The van der Waals surface area contributed by atoms with E-state index in [2.05, 4.69) is 20.6 Å². The Morgan fingerprint density at radius 3 is 2.70 bits per heavy atom. The molecule has 0 aliphatic carbocycles. The zero-order valence-electron chi connectivity index (χ0n) is 15.1. The van der Waals surface area contributed by atoms with Gasteiger partial charge in [-0.3, -0.25) is 9.25 Å². The van der Waals surface area contributed by atoms with Gasteiger partial charge in [0, 0.05) is 18.8 Å². The minimum atomic E-state index is -0.491. The van der Waals surface area contributed by atoms with Gasteiger partial charge in [-0.1, -0.05) is 0 Å². The summed E-state index contributed by atoms with van der Waals surface area (Å²) in [6, 6.07) is 6.31. The summed E-state index contributed by atoms with van der Waals surface area (Å²) in [6.45, 7) is 5.10. The van der Waals surface area contributed by atoms with Crippen molar-refractivity contribution in [2.75, 3.05) is 18.4 Å². The summed E-state index contributed by atoms with van der Waals surface area (Å²) in [6.07, 6.45) is 3.84. The number of anilines is 1. The number of carbonyl (C=O) groups is 1. The lowest BCUT2D eigenvalue weighted by Crippen LogP contribution is -2.33. The van der Waals surface area contributed by atoms with Gasteiger partial charge < -0.3 is 10.2 Å². The number of rotatable bonds is 3. The molecule has 1 saturated heterocycles. The highest BCUT2D eigenvalue weighted by Crippen LogP contribution is 2.25. The van der Waals surface area contributed by atoms with Crippen LogP contribution in [-0.4, -0.2) is 48.6 Å². The monoisotopic (exact) mass is 369 g/mol. The number of urea groups is 1. The van der Waals surface area contributed by atoms with Crippen LogP contribution in [0.2, 0.25) is 0 Å². The highest BCUT2D eigenvalue weighted by molar-refractivity contribution is 5.90. The Bertz CT molecular complexity index is 966. The molecule has 2 amide bonds. The molecule has 1 atom stereocenters. The molecule has 140 valence electrons. The topological polar surface area (TPSA) is 80.9 Å². The van der Waals surface area contributed by atoms with E-state index >= 15 is 0 Å². The fourth-order valence-corrected chi connectivity index (χ4v) is 3.44. The van der Waals surface area contributed by atoms with Gasteiger partial charge in [0.15, 0.2) is 0 Å². The Kier molecular flexibility index (Phi) is 4.35. The molecule has 27 heavy (non-hydrogen) atoms. The predicted octanol–water partition coefficient (Wildman–Crippen LogP) is 2.70. The Morgan fingerprint density at radius 2 is 2.00 bits per heavy atom. The number of benzene rings is 1. The van der Waals surface area contributed by atoms with Crippen molar-refractivity contribution in [3.05, 3.63) is 54.1 Å². The van der Waals surface area contributed by atoms with Crippen LogP contribution >= 0.6 is 0 Å². The molecule has 0 bridgehead atoms. The molecule has 9 heteroatoms. The lowest BCUT2D eigenvalue weighted by Gasteiger charge is -2.18. The van der Waals surface area contributed by atoms with Crippen LogP contribution in [0.4, 0.5) is 14.9 Å². The average molecular weight is 369 g/mol. The highest BCUT2D eigenvalue weighted by Gasteiger charge is 2.29. The van der Waals surface area contributed by atoms with Gasteiger partial charge in [0.05, 0.1) is 23.1 Å². The minimum absolute atomic E-state index is 0.126. The number of hydrogen-bond donors (Lipinski definition) is 1. The summed E-state index contributed by atoms with van der Waals surface area (Å²) in [5, 5.41) is 14.7. The second-order valence-electron chi connectivity index (χ2n) is 6.72. The second-order valence-corrected chi connectivity index (χ2v) is 6.72. The van der Waals surface area contributed by atoms with Crippen molar-refractivity contribution in [3.8, 4) is 5.69 Å². The fourth-order valence-electron chi connectivity index (χ4n) is 3.44. The first-order valence-electron chi connectivity index (χ1n) is 8.74. The summed E-state index contributed by atoms with van der Waals surface area (Å²) in [5.41, 5.74) is 2.83. The summed E-state index contributed by atoms with van der Waals surface area (Å²) in [4.78, 5) is 14.3. The molecule has 8 nitrogen and oxygen atoms in total. The lowest BCUT2D eigenvalue weighted by molar-refractivity contribution is 0.220. The van der Waals surface area contributed by atoms with E-state index in [0.29, 0.717) is 18.8 Å². The molecular formula is C18H20FN7O. The van der Waals surface area contributed by atoms with E-state index in [0.717, 1.165) is 17.8 Å². The van der Waals surface area contributed by atoms with Crippen molar-refractivity contribution in [2.24, 2.45) is 0 Å². The third-order valence-corrected chi connectivity index (χ3v) is 4.75. The van der Waals surface area contributed by atoms with Crippen LogP contribution in [0.1, 0.15) is 23.9 Å². The zero-order chi connectivity index (χ0) is 19.0.